The van der Waals surface area contributed by atoms with Gasteiger partial charge in [0.15, 0.2) is 9.84 Å². The minimum Gasteiger partial charge on any atom is -0.384 e. The first-order chi connectivity index (χ1) is 8.79. The average Bonchev–Trinajstić information content (AvgIpc) is 2.28. The van der Waals surface area contributed by atoms with Crippen LogP contribution in [0.2, 0.25) is 0 Å². The lowest BCUT2D eigenvalue weighted by Gasteiger charge is -2.07. The maximum atomic E-state index is 11.5. The standard InChI is InChI=1S/C10H15NO6S2/c12-18(13,9-7-17-19(14,15)16)8-6-11-10-4-2-1-3-5-10/h1-5,11H,6-9H2,(H,14,15,16). The summed E-state index contributed by atoms with van der Waals surface area (Å²) in [5.74, 6) is -0.625. The Morgan fingerprint density at radius 3 is 2.26 bits per heavy atom. The van der Waals surface area contributed by atoms with E-state index < -0.39 is 32.6 Å². The van der Waals surface area contributed by atoms with E-state index in [1.165, 1.54) is 0 Å². The molecular formula is C10H15NO6S2. The van der Waals surface area contributed by atoms with Gasteiger partial charge in [0.25, 0.3) is 0 Å². The van der Waals surface area contributed by atoms with E-state index in [2.05, 4.69) is 9.50 Å². The highest BCUT2D eigenvalue weighted by Gasteiger charge is 2.13. The van der Waals surface area contributed by atoms with Crippen LogP contribution in [0.1, 0.15) is 0 Å². The average molecular weight is 309 g/mol. The molecule has 0 aliphatic carbocycles. The van der Waals surface area contributed by atoms with Crippen LogP contribution in [0.15, 0.2) is 30.3 Å². The van der Waals surface area contributed by atoms with Crippen LogP contribution >= 0.6 is 0 Å². The Morgan fingerprint density at radius 2 is 1.68 bits per heavy atom. The van der Waals surface area contributed by atoms with Gasteiger partial charge < -0.3 is 5.32 Å². The van der Waals surface area contributed by atoms with Gasteiger partial charge in [-0.25, -0.2) is 12.6 Å². The molecule has 0 radical (unpaired) electrons. The number of benzene rings is 1. The van der Waals surface area contributed by atoms with Crippen LogP contribution in [0.4, 0.5) is 5.69 Å². The molecule has 19 heavy (non-hydrogen) atoms. The molecule has 0 heterocycles. The lowest BCUT2D eigenvalue weighted by atomic mass is 10.3. The second-order valence-electron chi connectivity index (χ2n) is 3.69. The van der Waals surface area contributed by atoms with Crippen LogP contribution < -0.4 is 5.32 Å². The number of anilines is 1. The van der Waals surface area contributed by atoms with Gasteiger partial charge in [-0.05, 0) is 12.1 Å². The number of sulfone groups is 1. The van der Waals surface area contributed by atoms with Gasteiger partial charge in [0, 0.05) is 12.2 Å². The zero-order chi connectivity index (χ0) is 14.4. The molecule has 1 aromatic carbocycles. The molecule has 108 valence electrons. The van der Waals surface area contributed by atoms with Crippen LogP contribution in [-0.2, 0) is 24.4 Å². The molecule has 0 amide bonds. The molecule has 0 spiro atoms. The summed E-state index contributed by atoms with van der Waals surface area (Å²) in [5, 5.41) is 2.92. The summed E-state index contributed by atoms with van der Waals surface area (Å²) in [4.78, 5) is 0. The third-order valence-electron chi connectivity index (χ3n) is 2.14. The summed E-state index contributed by atoms with van der Waals surface area (Å²) in [6.07, 6.45) is 0. The summed E-state index contributed by atoms with van der Waals surface area (Å²) in [5.41, 5.74) is 0.798. The number of para-hydroxylation sites is 1. The number of rotatable bonds is 8. The Morgan fingerprint density at radius 1 is 1.05 bits per heavy atom. The highest BCUT2D eigenvalue weighted by atomic mass is 32.3. The van der Waals surface area contributed by atoms with E-state index in [-0.39, 0.29) is 12.3 Å². The molecule has 7 nitrogen and oxygen atoms in total. The number of nitrogens with one attached hydrogen (secondary N) is 1. The Labute approximate surface area is 112 Å². The van der Waals surface area contributed by atoms with E-state index in [4.69, 9.17) is 4.55 Å². The maximum Gasteiger partial charge on any atom is 0.397 e. The van der Waals surface area contributed by atoms with Gasteiger partial charge in [0.2, 0.25) is 0 Å². The maximum absolute atomic E-state index is 11.5. The van der Waals surface area contributed by atoms with E-state index in [9.17, 15) is 16.8 Å². The fourth-order valence-corrected chi connectivity index (χ4v) is 2.63. The van der Waals surface area contributed by atoms with Gasteiger partial charge in [-0.15, -0.1) is 0 Å². The second-order valence-corrected chi connectivity index (χ2v) is 7.09. The zero-order valence-corrected chi connectivity index (χ0v) is 11.7. The van der Waals surface area contributed by atoms with Crippen molar-refractivity contribution < 1.29 is 25.6 Å². The predicted molar refractivity (Wildman–Crippen MR) is 71.1 cm³/mol. The fraction of sp³-hybridized carbons (Fsp3) is 0.400. The first-order valence-electron chi connectivity index (χ1n) is 5.40. The minimum atomic E-state index is -4.59. The highest BCUT2D eigenvalue weighted by molar-refractivity contribution is 7.91. The molecule has 0 saturated carbocycles. The topological polar surface area (TPSA) is 110 Å². The molecule has 0 atom stereocenters. The Bertz CT molecular complexity index is 582. The molecule has 0 unspecified atom stereocenters. The van der Waals surface area contributed by atoms with Crippen molar-refractivity contribution >= 4 is 25.9 Å². The Kier molecular flexibility index (Phi) is 5.73. The van der Waals surface area contributed by atoms with E-state index in [1.54, 1.807) is 12.1 Å². The van der Waals surface area contributed by atoms with Crippen LogP contribution in [0, 0.1) is 0 Å². The summed E-state index contributed by atoms with van der Waals surface area (Å²) < 4.78 is 55.7. The molecule has 0 saturated heterocycles. The van der Waals surface area contributed by atoms with Crippen LogP contribution in [0.5, 0.6) is 0 Å². The quantitative estimate of drug-likeness (QED) is 0.666. The lowest BCUT2D eigenvalue weighted by molar-refractivity contribution is 0.284. The molecule has 0 bridgehead atoms. The summed E-state index contributed by atoms with van der Waals surface area (Å²) in [7, 11) is -8.03. The van der Waals surface area contributed by atoms with Crippen molar-refractivity contribution in [1.29, 1.82) is 0 Å². The predicted octanol–water partition coefficient (Wildman–Crippen LogP) is 0.333. The van der Waals surface area contributed by atoms with Crippen molar-refractivity contribution in [3.63, 3.8) is 0 Å². The van der Waals surface area contributed by atoms with Crippen LogP contribution in [0.3, 0.4) is 0 Å². The largest absolute Gasteiger partial charge is 0.397 e. The van der Waals surface area contributed by atoms with Crippen molar-refractivity contribution in [3.8, 4) is 0 Å². The van der Waals surface area contributed by atoms with Gasteiger partial charge >= 0.3 is 10.4 Å². The van der Waals surface area contributed by atoms with Crippen molar-refractivity contribution in [2.45, 2.75) is 0 Å². The molecule has 9 heteroatoms. The minimum absolute atomic E-state index is 0.156. The summed E-state index contributed by atoms with van der Waals surface area (Å²) in [6, 6.07) is 9.07. The normalized spacial score (nSPS) is 12.3. The van der Waals surface area contributed by atoms with Gasteiger partial charge in [-0.2, -0.15) is 8.42 Å². The second kappa shape index (κ2) is 6.85. The SMILES string of the molecule is O=S(=O)(CCNc1ccccc1)CCOS(=O)(=O)O. The van der Waals surface area contributed by atoms with Crippen molar-refractivity contribution in [1.82, 2.24) is 0 Å². The number of hydrogen-bond acceptors (Lipinski definition) is 6. The van der Waals surface area contributed by atoms with Crippen molar-refractivity contribution in [3.05, 3.63) is 30.3 Å². The van der Waals surface area contributed by atoms with E-state index in [1.807, 2.05) is 18.2 Å². The molecule has 0 aliphatic heterocycles. The Balaban J connectivity index is 2.31. The van der Waals surface area contributed by atoms with Crippen LogP contribution in [0.25, 0.3) is 0 Å². The van der Waals surface area contributed by atoms with Gasteiger partial charge in [-0.1, -0.05) is 18.2 Å². The fourth-order valence-electron chi connectivity index (χ4n) is 1.28. The molecule has 0 aliphatic rings. The van der Waals surface area contributed by atoms with Crippen LogP contribution in [-0.4, -0.2) is 46.0 Å². The third-order valence-corrected chi connectivity index (χ3v) is 4.22. The van der Waals surface area contributed by atoms with E-state index >= 15 is 0 Å². The van der Waals surface area contributed by atoms with E-state index in [0.29, 0.717) is 0 Å². The summed E-state index contributed by atoms with van der Waals surface area (Å²) >= 11 is 0. The monoisotopic (exact) mass is 309 g/mol. The smallest absolute Gasteiger partial charge is 0.384 e. The first-order valence-corrected chi connectivity index (χ1v) is 8.58. The van der Waals surface area contributed by atoms with Gasteiger partial charge in [-0.3, -0.25) is 4.55 Å². The zero-order valence-electron chi connectivity index (χ0n) is 10.0. The van der Waals surface area contributed by atoms with Gasteiger partial charge in [0.05, 0.1) is 18.1 Å². The molecule has 0 fully saturated rings. The van der Waals surface area contributed by atoms with Crippen molar-refractivity contribution in [2.24, 2.45) is 0 Å². The molecular weight excluding hydrogens is 294 g/mol. The molecule has 0 aromatic heterocycles. The third kappa shape index (κ3) is 7.78. The van der Waals surface area contributed by atoms with Gasteiger partial charge in [0.1, 0.15) is 0 Å². The summed E-state index contributed by atoms with van der Waals surface area (Å²) in [6.45, 7) is -0.384. The lowest BCUT2D eigenvalue weighted by Crippen LogP contribution is -2.22. The molecule has 1 aromatic rings. The molecule has 2 N–H and O–H groups in total. The molecule has 1 rings (SSSR count). The van der Waals surface area contributed by atoms with E-state index in [0.717, 1.165) is 5.69 Å². The first kappa shape index (κ1) is 15.9. The number of hydrogen-bond donors (Lipinski definition) is 2. The highest BCUT2D eigenvalue weighted by Crippen LogP contribution is 2.04. The Hall–Kier alpha value is -1.16. The van der Waals surface area contributed by atoms with Crippen molar-refractivity contribution in [2.75, 3.05) is 30.0 Å².